The lowest BCUT2D eigenvalue weighted by atomic mass is 10.1. The second-order valence-electron chi connectivity index (χ2n) is 7.74. The van der Waals surface area contributed by atoms with E-state index in [1.807, 2.05) is 42.5 Å². The number of ether oxygens (including phenoxy) is 1. The molecule has 0 aliphatic heterocycles. The first-order valence-corrected chi connectivity index (χ1v) is 12.6. The molecule has 0 saturated heterocycles. The predicted molar refractivity (Wildman–Crippen MR) is 148 cm³/mol. The molecule has 182 valence electrons. The van der Waals surface area contributed by atoms with Gasteiger partial charge in [0.2, 0.25) is 5.91 Å². The Labute approximate surface area is 223 Å². The summed E-state index contributed by atoms with van der Waals surface area (Å²) in [6.07, 6.45) is 0. The lowest BCUT2D eigenvalue weighted by Gasteiger charge is -2.18. The molecule has 2 N–H and O–H groups in total. The van der Waals surface area contributed by atoms with Crippen molar-refractivity contribution in [1.82, 2.24) is 0 Å². The van der Waals surface area contributed by atoms with E-state index < -0.39 is 5.25 Å². The summed E-state index contributed by atoms with van der Waals surface area (Å²) in [4.78, 5) is 26.7. The maximum Gasteiger partial charge on any atom is 0.255 e. The maximum atomic E-state index is 13.3. The molecule has 0 spiro atoms. The molecule has 36 heavy (non-hydrogen) atoms. The fraction of sp³-hybridized carbons (Fsp3) is 0.0714. The van der Waals surface area contributed by atoms with Crippen molar-refractivity contribution >= 4 is 58.2 Å². The number of carbonyl (C=O) groups excluding carboxylic acids is 2. The minimum atomic E-state index is -0.516. The number of methoxy groups -OCH3 is 1. The van der Waals surface area contributed by atoms with Crippen LogP contribution in [0.2, 0.25) is 10.0 Å². The smallest absolute Gasteiger partial charge is 0.255 e. The quantitative estimate of drug-likeness (QED) is 0.226. The van der Waals surface area contributed by atoms with Gasteiger partial charge in [-0.05, 0) is 66.2 Å². The molecule has 0 heterocycles. The molecule has 0 saturated carbocycles. The summed E-state index contributed by atoms with van der Waals surface area (Å²) in [5.41, 5.74) is 2.56. The van der Waals surface area contributed by atoms with Crippen LogP contribution in [0.3, 0.4) is 0 Å². The van der Waals surface area contributed by atoms with Crippen molar-refractivity contribution in [3.05, 3.63) is 118 Å². The van der Waals surface area contributed by atoms with E-state index in [1.54, 1.807) is 61.7 Å². The number of halogens is 2. The van der Waals surface area contributed by atoms with E-state index in [0.717, 1.165) is 10.5 Å². The van der Waals surface area contributed by atoms with Crippen LogP contribution >= 0.6 is 35.0 Å². The molecule has 4 aromatic carbocycles. The molecule has 4 aromatic rings. The van der Waals surface area contributed by atoms with Crippen LogP contribution in [0, 0.1) is 0 Å². The minimum Gasteiger partial charge on any atom is -0.497 e. The van der Waals surface area contributed by atoms with Crippen molar-refractivity contribution in [3.63, 3.8) is 0 Å². The van der Waals surface area contributed by atoms with Gasteiger partial charge in [0.15, 0.2) is 0 Å². The van der Waals surface area contributed by atoms with Gasteiger partial charge in [-0.25, -0.2) is 0 Å². The minimum absolute atomic E-state index is 0.194. The van der Waals surface area contributed by atoms with Gasteiger partial charge in [-0.1, -0.05) is 59.6 Å². The first-order valence-electron chi connectivity index (χ1n) is 11.0. The largest absolute Gasteiger partial charge is 0.497 e. The van der Waals surface area contributed by atoms with Crippen LogP contribution in [-0.4, -0.2) is 18.9 Å². The fourth-order valence-corrected chi connectivity index (χ4v) is 4.73. The van der Waals surface area contributed by atoms with E-state index in [4.69, 9.17) is 27.9 Å². The molecule has 0 aliphatic rings. The predicted octanol–water partition coefficient (Wildman–Crippen LogP) is 7.73. The first kappa shape index (κ1) is 25.6. The fourth-order valence-electron chi connectivity index (χ4n) is 3.40. The highest BCUT2D eigenvalue weighted by Gasteiger charge is 2.22. The van der Waals surface area contributed by atoms with Gasteiger partial charge in [-0.2, -0.15) is 0 Å². The summed E-state index contributed by atoms with van der Waals surface area (Å²) in [5.74, 6) is 0.179. The molecule has 8 heteroatoms. The Hall–Kier alpha value is -3.45. The number of anilines is 2. The van der Waals surface area contributed by atoms with Gasteiger partial charge in [-0.15, -0.1) is 11.8 Å². The van der Waals surface area contributed by atoms with E-state index in [9.17, 15) is 9.59 Å². The highest BCUT2D eigenvalue weighted by atomic mass is 35.5. The van der Waals surface area contributed by atoms with Crippen molar-refractivity contribution < 1.29 is 14.3 Å². The van der Waals surface area contributed by atoms with E-state index in [0.29, 0.717) is 32.7 Å². The SMILES string of the molecule is COc1cccc(C(=O)Nc2ccc(SC(C(=O)Nc3ccc(Cl)c(Cl)c3)c3ccccc3)cc2)c1. The average molecular weight is 537 g/mol. The third kappa shape index (κ3) is 6.61. The number of thioether (sulfide) groups is 1. The Morgan fingerprint density at radius 3 is 2.19 bits per heavy atom. The second-order valence-corrected chi connectivity index (χ2v) is 9.73. The molecule has 0 radical (unpaired) electrons. The molecular weight excluding hydrogens is 515 g/mol. The zero-order valence-electron chi connectivity index (χ0n) is 19.2. The standard InChI is InChI=1S/C28H22Cl2N2O3S/c1-35-22-9-5-8-19(16-22)27(33)31-20-10-13-23(14-11-20)36-26(18-6-3-2-4-7-18)28(34)32-21-12-15-24(29)25(30)17-21/h2-17,26H,1H3,(H,31,33)(H,32,34). The van der Waals surface area contributed by atoms with Crippen LogP contribution in [0.5, 0.6) is 5.75 Å². The van der Waals surface area contributed by atoms with Crippen LogP contribution in [0.15, 0.2) is 102 Å². The Bertz CT molecular complexity index is 1370. The van der Waals surface area contributed by atoms with Crippen molar-refractivity contribution in [3.8, 4) is 5.75 Å². The molecular formula is C28H22Cl2N2O3S. The van der Waals surface area contributed by atoms with E-state index >= 15 is 0 Å². The van der Waals surface area contributed by atoms with Gasteiger partial charge in [0.05, 0.1) is 17.2 Å². The molecule has 1 unspecified atom stereocenters. The number of nitrogens with one attached hydrogen (secondary N) is 2. The summed E-state index contributed by atoms with van der Waals surface area (Å²) >= 11 is 13.5. The third-order valence-corrected chi connectivity index (χ3v) is 7.23. The zero-order valence-corrected chi connectivity index (χ0v) is 21.5. The van der Waals surface area contributed by atoms with Gasteiger partial charge in [-0.3, -0.25) is 9.59 Å². The number of amides is 2. The van der Waals surface area contributed by atoms with E-state index in [2.05, 4.69) is 10.6 Å². The number of benzene rings is 4. The van der Waals surface area contributed by atoms with Crippen molar-refractivity contribution in [2.75, 3.05) is 17.7 Å². The van der Waals surface area contributed by atoms with Crippen LogP contribution < -0.4 is 15.4 Å². The Morgan fingerprint density at radius 2 is 1.50 bits per heavy atom. The van der Waals surface area contributed by atoms with E-state index in [1.165, 1.54) is 11.8 Å². The highest BCUT2D eigenvalue weighted by molar-refractivity contribution is 8.00. The number of rotatable bonds is 8. The Kier molecular flexibility index (Phi) is 8.54. The Balaban J connectivity index is 1.48. The van der Waals surface area contributed by atoms with Crippen molar-refractivity contribution in [2.45, 2.75) is 10.1 Å². The van der Waals surface area contributed by atoms with Crippen LogP contribution in [0.25, 0.3) is 0 Å². The summed E-state index contributed by atoms with van der Waals surface area (Å²) in [7, 11) is 1.56. The third-order valence-electron chi connectivity index (χ3n) is 5.23. The molecule has 4 rings (SSSR count). The van der Waals surface area contributed by atoms with Gasteiger partial charge in [0.25, 0.3) is 5.91 Å². The highest BCUT2D eigenvalue weighted by Crippen LogP contribution is 2.37. The monoisotopic (exact) mass is 536 g/mol. The summed E-state index contributed by atoms with van der Waals surface area (Å²) < 4.78 is 5.18. The van der Waals surface area contributed by atoms with Gasteiger partial charge in [0, 0.05) is 21.8 Å². The lowest BCUT2D eigenvalue weighted by Crippen LogP contribution is -2.19. The van der Waals surface area contributed by atoms with Crippen molar-refractivity contribution in [1.29, 1.82) is 0 Å². The normalized spacial score (nSPS) is 11.4. The lowest BCUT2D eigenvalue weighted by molar-refractivity contribution is -0.115. The van der Waals surface area contributed by atoms with Crippen molar-refractivity contribution in [2.24, 2.45) is 0 Å². The summed E-state index contributed by atoms with van der Waals surface area (Å²) in [5, 5.41) is 6.07. The van der Waals surface area contributed by atoms with Crippen LogP contribution in [0.4, 0.5) is 11.4 Å². The molecule has 1 atom stereocenters. The number of carbonyl (C=O) groups is 2. The zero-order chi connectivity index (χ0) is 25.5. The number of hydrogen-bond donors (Lipinski definition) is 2. The molecule has 0 fully saturated rings. The van der Waals surface area contributed by atoms with Gasteiger partial charge in [0.1, 0.15) is 11.0 Å². The average Bonchev–Trinajstić information content (AvgIpc) is 2.90. The molecule has 5 nitrogen and oxygen atoms in total. The molecule has 0 aliphatic carbocycles. The number of hydrogen-bond acceptors (Lipinski definition) is 4. The van der Waals surface area contributed by atoms with Gasteiger partial charge < -0.3 is 15.4 Å². The first-order chi connectivity index (χ1) is 17.4. The maximum absolute atomic E-state index is 13.3. The molecule has 0 aromatic heterocycles. The van der Waals surface area contributed by atoms with Crippen LogP contribution in [0.1, 0.15) is 21.2 Å². The topological polar surface area (TPSA) is 67.4 Å². The Morgan fingerprint density at radius 1 is 0.778 bits per heavy atom. The van der Waals surface area contributed by atoms with E-state index in [-0.39, 0.29) is 11.8 Å². The molecule has 0 bridgehead atoms. The molecule has 2 amide bonds. The summed E-state index contributed by atoms with van der Waals surface area (Å²) in [6, 6.07) is 28.8. The second kappa shape index (κ2) is 12.0. The van der Waals surface area contributed by atoms with Crippen LogP contribution in [-0.2, 0) is 4.79 Å². The summed E-state index contributed by atoms with van der Waals surface area (Å²) in [6.45, 7) is 0. The van der Waals surface area contributed by atoms with Gasteiger partial charge >= 0.3 is 0 Å².